The number of nitrogens with one attached hydrogen (secondary N) is 3. The molecule has 0 bridgehead atoms. The second-order valence-electron chi connectivity index (χ2n) is 11.4. The Morgan fingerprint density at radius 1 is 1.02 bits per heavy atom. The van der Waals surface area contributed by atoms with Crippen LogP contribution in [0.5, 0.6) is 11.5 Å². The molecule has 0 saturated heterocycles. The van der Waals surface area contributed by atoms with Gasteiger partial charge in [-0.1, -0.05) is 42.5 Å². The number of amides is 4. The molecule has 0 aromatic heterocycles. The maximum Gasteiger partial charge on any atom is 0.255 e. The molecule has 4 amide bonds. The first kappa shape index (κ1) is 31.5. The number of halogens is 1. The SMILES string of the molecule is CN1C(=O)C2(CC2)NC(=O)CC[C@@H](C(=O)NCCOc2ccc(F)cc2)NC(=O)c2ccccc2OC[C@@H]1Cc1ccccc1. The minimum atomic E-state index is -1.05. The maximum absolute atomic E-state index is 13.7. The van der Waals surface area contributed by atoms with Gasteiger partial charge in [-0.3, -0.25) is 19.2 Å². The van der Waals surface area contributed by atoms with Gasteiger partial charge in [0.05, 0.1) is 18.2 Å². The molecule has 0 unspecified atom stereocenters. The molecule has 1 fully saturated rings. The summed E-state index contributed by atoms with van der Waals surface area (Å²) in [6.45, 7) is 0.322. The molecule has 3 N–H and O–H groups in total. The lowest BCUT2D eigenvalue weighted by Crippen LogP contribution is -2.54. The molecular formula is C34H37FN4O6. The van der Waals surface area contributed by atoms with Gasteiger partial charge in [0.1, 0.15) is 42.1 Å². The summed E-state index contributed by atoms with van der Waals surface area (Å²) in [5, 5.41) is 8.40. The predicted molar refractivity (Wildman–Crippen MR) is 164 cm³/mol. The summed E-state index contributed by atoms with van der Waals surface area (Å²) in [6.07, 6.45) is 1.45. The normalized spacial score (nSPS) is 20.0. The van der Waals surface area contributed by atoms with Crippen LogP contribution in [0.1, 0.15) is 41.6 Å². The summed E-state index contributed by atoms with van der Waals surface area (Å²) in [7, 11) is 1.71. The maximum atomic E-state index is 13.7. The molecule has 2 atom stereocenters. The van der Waals surface area contributed by atoms with E-state index >= 15 is 0 Å². The number of rotatable bonds is 7. The number of nitrogens with zero attached hydrogens (tertiary/aromatic N) is 1. The Morgan fingerprint density at radius 2 is 1.73 bits per heavy atom. The third-order valence-corrected chi connectivity index (χ3v) is 8.05. The van der Waals surface area contributed by atoms with Gasteiger partial charge >= 0.3 is 0 Å². The number of ether oxygens (including phenoxy) is 2. The highest BCUT2D eigenvalue weighted by molar-refractivity contribution is 6.00. The van der Waals surface area contributed by atoms with Crippen LogP contribution in [-0.2, 0) is 20.8 Å². The number of para-hydroxylation sites is 1. The summed E-state index contributed by atoms with van der Waals surface area (Å²) in [5.41, 5.74) is 0.234. The minimum Gasteiger partial charge on any atom is -0.492 e. The number of likely N-dealkylation sites (N-methyl/N-ethyl adjacent to an activating group) is 1. The quantitative estimate of drug-likeness (QED) is 0.351. The Hall–Kier alpha value is -4.93. The second-order valence-corrected chi connectivity index (χ2v) is 11.4. The van der Waals surface area contributed by atoms with E-state index in [0.717, 1.165) is 5.56 Å². The first-order valence-electron chi connectivity index (χ1n) is 15.0. The molecule has 236 valence electrons. The molecule has 0 radical (unpaired) electrons. The number of fused-ring (bicyclic) bond motifs is 1. The van der Waals surface area contributed by atoms with Gasteiger partial charge in [-0.15, -0.1) is 0 Å². The Bertz CT molecular complexity index is 1510. The van der Waals surface area contributed by atoms with Gasteiger partial charge in [0.25, 0.3) is 5.91 Å². The van der Waals surface area contributed by atoms with Gasteiger partial charge in [0.15, 0.2) is 0 Å². The summed E-state index contributed by atoms with van der Waals surface area (Å²) in [4.78, 5) is 55.2. The van der Waals surface area contributed by atoms with Gasteiger partial charge in [0, 0.05) is 13.5 Å². The van der Waals surface area contributed by atoms with E-state index in [1.807, 2.05) is 30.3 Å². The van der Waals surface area contributed by atoms with E-state index < -0.39 is 23.4 Å². The van der Waals surface area contributed by atoms with Crippen molar-refractivity contribution in [3.8, 4) is 11.5 Å². The van der Waals surface area contributed by atoms with E-state index in [4.69, 9.17) is 9.47 Å². The van der Waals surface area contributed by atoms with Crippen molar-refractivity contribution in [3.63, 3.8) is 0 Å². The van der Waals surface area contributed by atoms with Gasteiger partial charge in [-0.05, 0) is 67.6 Å². The van der Waals surface area contributed by atoms with Gasteiger partial charge in [-0.25, -0.2) is 4.39 Å². The van der Waals surface area contributed by atoms with Crippen LogP contribution in [0.4, 0.5) is 4.39 Å². The van der Waals surface area contributed by atoms with Crippen LogP contribution in [-0.4, -0.2) is 73.0 Å². The molecule has 1 saturated carbocycles. The van der Waals surface area contributed by atoms with Crippen LogP contribution in [0, 0.1) is 5.82 Å². The lowest BCUT2D eigenvalue weighted by atomic mass is 10.0. The lowest BCUT2D eigenvalue weighted by Gasteiger charge is -2.32. The topological polar surface area (TPSA) is 126 Å². The van der Waals surface area contributed by atoms with Crippen molar-refractivity contribution in [1.82, 2.24) is 20.9 Å². The Morgan fingerprint density at radius 3 is 2.47 bits per heavy atom. The van der Waals surface area contributed by atoms with Crippen LogP contribution < -0.4 is 25.4 Å². The molecule has 10 nitrogen and oxygen atoms in total. The van der Waals surface area contributed by atoms with E-state index in [2.05, 4.69) is 16.0 Å². The van der Waals surface area contributed by atoms with Crippen molar-refractivity contribution < 1.29 is 33.0 Å². The Labute approximate surface area is 261 Å². The standard InChI is InChI=1S/C34H37FN4O6/c1-39-25(21-23-7-3-2-4-8-23)22-45-29-10-6-5-9-27(29)31(41)37-28(15-16-30(40)38-34(17-18-34)33(39)43)32(42)36-19-20-44-26-13-11-24(35)12-14-26/h2-14,25,28H,15-22H2,1H3,(H,36,42)(H,37,41)(H,38,40)/t25-,28-/m0/s1. The van der Waals surface area contributed by atoms with Gasteiger partial charge < -0.3 is 30.3 Å². The average Bonchev–Trinajstić information content (AvgIpc) is 3.83. The first-order valence-corrected chi connectivity index (χ1v) is 15.0. The minimum absolute atomic E-state index is 0.00198. The van der Waals surface area contributed by atoms with Crippen LogP contribution in [0.3, 0.4) is 0 Å². The molecular weight excluding hydrogens is 579 g/mol. The van der Waals surface area contributed by atoms with E-state index in [1.165, 1.54) is 24.3 Å². The van der Waals surface area contributed by atoms with Crippen molar-refractivity contribution >= 4 is 23.6 Å². The summed E-state index contributed by atoms with van der Waals surface area (Å²) < 4.78 is 24.9. The van der Waals surface area contributed by atoms with Crippen molar-refractivity contribution in [2.45, 2.75) is 49.7 Å². The number of hydrogen-bond donors (Lipinski definition) is 3. The molecule has 2 aliphatic rings. The smallest absolute Gasteiger partial charge is 0.255 e. The molecule has 1 aliphatic heterocycles. The Kier molecular flexibility index (Phi) is 9.96. The molecule has 1 aliphatic carbocycles. The average molecular weight is 617 g/mol. The van der Waals surface area contributed by atoms with Crippen molar-refractivity contribution in [2.75, 3.05) is 26.8 Å². The molecule has 3 aromatic carbocycles. The van der Waals surface area contributed by atoms with Crippen molar-refractivity contribution in [2.24, 2.45) is 0 Å². The molecule has 11 heteroatoms. The van der Waals surface area contributed by atoms with E-state index in [9.17, 15) is 23.6 Å². The zero-order valence-corrected chi connectivity index (χ0v) is 25.1. The molecule has 3 aromatic rings. The molecule has 1 heterocycles. The second kappa shape index (κ2) is 14.2. The lowest BCUT2D eigenvalue weighted by molar-refractivity contribution is -0.139. The van der Waals surface area contributed by atoms with E-state index in [0.29, 0.717) is 30.8 Å². The monoisotopic (exact) mass is 616 g/mol. The molecule has 45 heavy (non-hydrogen) atoms. The summed E-state index contributed by atoms with van der Waals surface area (Å²) >= 11 is 0. The highest BCUT2D eigenvalue weighted by Crippen LogP contribution is 2.38. The fraction of sp³-hybridized carbons (Fsp3) is 0.353. The zero-order valence-electron chi connectivity index (χ0n) is 25.1. The van der Waals surface area contributed by atoms with Crippen molar-refractivity contribution in [3.05, 3.63) is 95.8 Å². The van der Waals surface area contributed by atoms with Crippen LogP contribution in [0.2, 0.25) is 0 Å². The van der Waals surface area contributed by atoms with Gasteiger partial charge in [0.2, 0.25) is 17.7 Å². The van der Waals surface area contributed by atoms with Crippen molar-refractivity contribution in [1.29, 1.82) is 0 Å². The molecule has 1 spiro atoms. The summed E-state index contributed by atoms with van der Waals surface area (Å²) in [6, 6.07) is 20.5. The highest BCUT2D eigenvalue weighted by Gasteiger charge is 2.53. The molecule has 5 rings (SSSR count). The van der Waals surface area contributed by atoms with Crippen LogP contribution in [0.15, 0.2) is 78.9 Å². The van der Waals surface area contributed by atoms with Crippen LogP contribution in [0.25, 0.3) is 0 Å². The van der Waals surface area contributed by atoms with E-state index in [-0.39, 0.29) is 61.8 Å². The third kappa shape index (κ3) is 8.17. The zero-order chi connectivity index (χ0) is 31.8. The van der Waals surface area contributed by atoms with Gasteiger partial charge in [-0.2, -0.15) is 0 Å². The third-order valence-electron chi connectivity index (χ3n) is 8.05. The largest absolute Gasteiger partial charge is 0.492 e. The fourth-order valence-electron chi connectivity index (χ4n) is 5.29. The number of benzene rings is 3. The van der Waals surface area contributed by atoms with Crippen LogP contribution >= 0.6 is 0 Å². The number of hydrogen-bond acceptors (Lipinski definition) is 6. The number of carbonyl (C=O) groups excluding carboxylic acids is 4. The number of carbonyl (C=O) groups is 4. The highest BCUT2D eigenvalue weighted by atomic mass is 19.1. The first-order chi connectivity index (χ1) is 21.7. The summed E-state index contributed by atoms with van der Waals surface area (Å²) in [5.74, 6) is -1.25. The Balaban J connectivity index is 1.33. The fourth-order valence-corrected chi connectivity index (χ4v) is 5.29. The van der Waals surface area contributed by atoms with E-state index in [1.54, 1.807) is 36.2 Å². The predicted octanol–water partition coefficient (Wildman–Crippen LogP) is 3.01.